The number of ether oxygens (including phenoxy) is 1. The number of unbranched alkanes of at least 4 members (excludes halogenated alkanes) is 3. The van der Waals surface area contributed by atoms with Gasteiger partial charge >= 0.3 is 0 Å². The zero-order valence-electron chi connectivity index (χ0n) is 18.7. The lowest BCUT2D eigenvalue weighted by Crippen LogP contribution is -1.99. The van der Waals surface area contributed by atoms with Crippen LogP contribution < -0.4 is 4.74 Å². The third-order valence-electron chi connectivity index (χ3n) is 5.75. The molecule has 0 saturated carbocycles. The molecule has 30 heavy (non-hydrogen) atoms. The molecule has 0 amide bonds. The third-order valence-corrected chi connectivity index (χ3v) is 5.75. The number of benzene rings is 2. The molecule has 0 saturated heterocycles. The molecular weight excluding hydrogens is 366 g/mol. The molecule has 1 heterocycles. The highest BCUT2D eigenvalue weighted by molar-refractivity contribution is 5.64. The summed E-state index contributed by atoms with van der Waals surface area (Å²) in [6, 6.07) is 21.7. The summed E-state index contributed by atoms with van der Waals surface area (Å²) >= 11 is 0. The van der Waals surface area contributed by atoms with Gasteiger partial charge in [-0.3, -0.25) is 4.98 Å². The van der Waals surface area contributed by atoms with Crippen LogP contribution in [0.1, 0.15) is 75.6 Å². The van der Waals surface area contributed by atoms with Gasteiger partial charge in [0.15, 0.2) is 0 Å². The van der Waals surface area contributed by atoms with Gasteiger partial charge in [-0.15, -0.1) is 0 Å². The molecule has 0 aliphatic heterocycles. The Balaban J connectivity index is 1.62. The monoisotopic (exact) mass is 401 g/mol. The first-order chi connectivity index (χ1) is 14.7. The van der Waals surface area contributed by atoms with Gasteiger partial charge in [-0.1, -0.05) is 82.5 Å². The maximum Gasteiger partial charge on any atom is 0.119 e. The van der Waals surface area contributed by atoms with Gasteiger partial charge < -0.3 is 4.74 Å². The molecule has 0 N–H and O–H groups in total. The predicted octanol–water partition coefficient (Wildman–Crippen LogP) is 7.81. The molecule has 2 nitrogen and oxygen atoms in total. The molecule has 3 aromatic rings. The van der Waals surface area contributed by atoms with Crippen LogP contribution in [0.3, 0.4) is 0 Å². The third kappa shape index (κ3) is 6.19. The second kappa shape index (κ2) is 11.5. The SMILES string of the molecule is CCCCCc1ccc(C(C)c2ccc(-c3ccc(OCCCC)cc3)cc2)cn1. The standard InChI is InChI=1S/C28H35NO/c1-4-6-8-9-27-17-14-26(21-29-27)22(3)23-10-12-24(13-11-23)25-15-18-28(19-16-25)30-20-7-5-2/h10-19,21-22H,4-9,20H2,1-3H3. The molecule has 0 fully saturated rings. The Labute approximate surface area is 182 Å². The number of aromatic nitrogens is 1. The molecule has 2 heteroatoms. The van der Waals surface area contributed by atoms with Crippen molar-refractivity contribution in [1.82, 2.24) is 4.98 Å². The van der Waals surface area contributed by atoms with Crippen LogP contribution in [-0.4, -0.2) is 11.6 Å². The normalized spacial score (nSPS) is 12.0. The molecule has 2 aromatic carbocycles. The van der Waals surface area contributed by atoms with Crippen LogP contribution in [0.4, 0.5) is 0 Å². The zero-order valence-corrected chi connectivity index (χ0v) is 18.7. The average Bonchev–Trinajstić information content (AvgIpc) is 2.80. The van der Waals surface area contributed by atoms with E-state index < -0.39 is 0 Å². The first-order valence-corrected chi connectivity index (χ1v) is 11.5. The Hall–Kier alpha value is -2.61. The van der Waals surface area contributed by atoms with Crippen molar-refractivity contribution in [1.29, 1.82) is 0 Å². The number of rotatable bonds is 11. The minimum atomic E-state index is 0.339. The zero-order chi connectivity index (χ0) is 21.2. The number of aryl methyl sites for hydroxylation is 1. The van der Waals surface area contributed by atoms with Crippen molar-refractivity contribution in [2.45, 2.75) is 65.2 Å². The summed E-state index contributed by atoms with van der Waals surface area (Å²) in [7, 11) is 0. The van der Waals surface area contributed by atoms with Crippen molar-refractivity contribution < 1.29 is 4.74 Å². The molecule has 158 valence electrons. The summed E-state index contributed by atoms with van der Waals surface area (Å²) in [6.07, 6.45) is 9.14. The van der Waals surface area contributed by atoms with E-state index in [9.17, 15) is 0 Å². The van der Waals surface area contributed by atoms with Gasteiger partial charge in [0.25, 0.3) is 0 Å². The topological polar surface area (TPSA) is 22.1 Å². The van der Waals surface area contributed by atoms with E-state index in [0.717, 1.165) is 31.6 Å². The maximum atomic E-state index is 5.77. The minimum absolute atomic E-state index is 0.339. The molecule has 1 unspecified atom stereocenters. The summed E-state index contributed by atoms with van der Waals surface area (Å²) < 4.78 is 5.77. The summed E-state index contributed by atoms with van der Waals surface area (Å²) in [5.74, 6) is 1.29. The molecule has 1 atom stereocenters. The van der Waals surface area contributed by atoms with E-state index in [4.69, 9.17) is 4.74 Å². The van der Waals surface area contributed by atoms with Gasteiger partial charge in [-0.2, -0.15) is 0 Å². The predicted molar refractivity (Wildman–Crippen MR) is 127 cm³/mol. The molecule has 0 bridgehead atoms. The van der Waals surface area contributed by atoms with Gasteiger partial charge in [0.05, 0.1) is 6.61 Å². The van der Waals surface area contributed by atoms with E-state index in [1.54, 1.807) is 0 Å². The molecule has 1 aromatic heterocycles. The second-order valence-corrected chi connectivity index (χ2v) is 8.11. The Bertz CT molecular complexity index is 866. The van der Waals surface area contributed by atoms with Gasteiger partial charge in [-0.25, -0.2) is 0 Å². The Morgan fingerprint density at radius 1 is 0.733 bits per heavy atom. The molecule has 0 aliphatic carbocycles. The molecular formula is C28H35NO. The lowest BCUT2D eigenvalue weighted by atomic mass is 9.92. The van der Waals surface area contributed by atoms with E-state index in [-0.39, 0.29) is 0 Å². The number of nitrogens with zero attached hydrogens (tertiary/aromatic N) is 1. The lowest BCUT2D eigenvalue weighted by molar-refractivity contribution is 0.309. The number of pyridine rings is 1. The molecule has 0 spiro atoms. The fourth-order valence-electron chi connectivity index (χ4n) is 3.63. The van der Waals surface area contributed by atoms with Gasteiger partial charge in [0.1, 0.15) is 5.75 Å². The highest BCUT2D eigenvalue weighted by atomic mass is 16.5. The summed E-state index contributed by atoms with van der Waals surface area (Å²) in [5, 5.41) is 0. The van der Waals surface area contributed by atoms with Gasteiger partial charge in [0, 0.05) is 17.8 Å². The highest BCUT2D eigenvalue weighted by Crippen LogP contribution is 2.28. The quantitative estimate of drug-likeness (QED) is 0.306. The summed E-state index contributed by atoms with van der Waals surface area (Å²) in [4.78, 5) is 4.69. The van der Waals surface area contributed by atoms with Crippen LogP contribution in [0.5, 0.6) is 5.75 Å². The van der Waals surface area contributed by atoms with Crippen molar-refractivity contribution in [3.05, 3.63) is 83.7 Å². The van der Waals surface area contributed by atoms with Crippen LogP contribution >= 0.6 is 0 Å². The molecule has 0 radical (unpaired) electrons. The van der Waals surface area contributed by atoms with Crippen molar-refractivity contribution in [2.24, 2.45) is 0 Å². The van der Waals surface area contributed by atoms with Crippen LogP contribution in [-0.2, 0) is 6.42 Å². The second-order valence-electron chi connectivity index (χ2n) is 8.11. The largest absolute Gasteiger partial charge is 0.494 e. The molecule has 3 rings (SSSR count). The van der Waals surface area contributed by atoms with Crippen molar-refractivity contribution >= 4 is 0 Å². The van der Waals surface area contributed by atoms with Crippen molar-refractivity contribution in [2.75, 3.05) is 6.61 Å². The summed E-state index contributed by atoms with van der Waals surface area (Å²) in [5.41, 5.74) is 6.25. The maximum absolute atomic E-state index is 5.77. The number of hydrogen-bond acceptors (Lipinski definition) is 2. The summed E-state index contributed by atoms with van der Waals surface area (Å²) in [6.45, 7) is 7.46. The van der Waals surface area contributed by atoms with Crippen LogP contribution in [0, 0.1) is 0 Å². The Morgan fingerprint density at radius 3 is 1.97 bits per heavy atom. The van der Waals surface area contributed by atoms with E-state index in [2.05, 4.69) is 92.6 Å². The lowest BCUT2D eigenvalue weighted by Gasteiger charge is -2.14. The first kappa shape index (κ1) is 22.1. The fraction of sp³-hybridized carbons (Fsp3) is 0.393. The Kier molecular flexibility index (Phi) is 8.50. The van der Waals surface area contributed by atoms with Crippen molar-refractivity contribution in [3.8, 4) is 16.9 Å². The van der Waals surface area contributed by atoms with E-state index >= 15 is 0 Å². The van der Waals surface area contributed by atoms with E-state index in [0.29, 0.717) is 5.92 Å². The Morgan fingerprint density at radius 2 is 1.37 bits per heavy atom. The van der Waals surface area contributed by atoms with Gasteiger partial charge in [-0.05, 0) is 59.7 Å². The smallest absolute Gasteiger partial charge is 0.119 e. The highest BCUT2D eigenvalue weighted by Gasteiger charge is 2.10. The van der Waals surface area contributed by atoms with E-state index in [1.165, 1.54) is 47.2 Å². The van der Waals surface area contributed by atoms with Gasteiger partial charge in [0.2, 0.25) is 0 Å². The number of hydrogen-bond donors (Lipinski definition) is 0. The minimum Gasteiger partial charge on any atom is -0.494 e. The molecule has 0 aliphatic rings. The first-order valence-electron chi connectivity index (χ1n) is 11.5. The average molecular weight is 402 g/mol. The van der Waals surface area contributed by atoms with Crippen LogP contribution in [0.25, 0.3) is 11.1 Å². The fourth-order valence-corrected chi connectivity index (χ4v) is 3.63. The van der Waals surface area contributed by atoms with E-state index in [1.807, 2.05) is 0 Å². The van der Waals surface area contributed by atoms with Crippen molar-refractivity contribution in [3.63, 3.8) is 0 Å². The van der Waals surface area contributed by atoms with Crippen LogP contribution in [0.2, 0.25) is 0 Å². The van der Waals surface area contributed by atoms with Crippen LogP contribution in [0.15, 0.2) is 66.9 Å².